The summed E-state index contributed by atoms with van der Waals surface area (Å²) in [6.07, 6.45) is 9.65. The van der Waals surface area contributed by atoms with Crippen molar-refractivity contribution in [3.05, 3.63) is 23.8 Å². The first kappa shape index (κ1) is 31.2. The second-order valence-corrected chi connectivity index (χ2v) is 17.9. The van der Waals surface area contributed by atoms with Gasteiger partial charge in [-0.25, -0.2) is 17.9 Å². The predicted molar refractivity (Wildman–Crippen MR) is 166 cm³/mol. The topological polar surface area (TPSA) is 102 Å². The molecule has 4 aliphatic carbocycles. The number of rotatable bonds is 5. The molecule has 0 radical (unpaired) electrons. The van der Waals surface area contributed by atoms with Crippen LogP contribution >= 0.6 is 0 Å². The van der Waals surface area contributed by atoms with Crippen molar-refractivity contribution in [2.45, 2.75) is 122 Å². The van der Waals surface area contributed by atoms with Gasteiger partial charge in [0, 0.05) is 0 Å². The van der Waals surface area contributed by atoms with E-state index in [1.54, 1.807) is 12.1 Å². The number of hydrogen-bond donors (Lipinski definition) is 2. The fraction of sp³-hybridized carbons (Fsp3) is 0.800. The van der Waals surface area contributed by atoms with Crippen molar-refractivity contribution in [3.63, 3.8) is 0 Å². The van der Waals surface area contributed by atoms with Crippen LogP contribution in [0.5, 0.6) is 5.75 Å². The third-order valence-electron chi connectivity index (χ3n) is 13.1. The minimum atomic E-state index is -4.07. The van der Waals surface area contributed by atoms with Crippen LogP contribution in [0.15, 0.2) is 23.1 Å². The summed E-state index contributed by atoms with van der Waals surface area (Å²) >= 11 is 0. The van der Waals surface area contributed by atoms with Gasteiger partial charge in [-0.15, -0.1) is 0 Å². The molecule has 2 N–H and O–H groups in total. The number of aliphatic hydroxyl groups excluding tert-OH is 1. The molecule has 5 aliphatic rings. The van der Waals surface area contributed by atoms with Gasteiger partial charge >= 0.3 is 6.09 Å². The number of carbonyl (C=O) groups excluding carboxylic acids is 1. The molecule has 6 rings (SSSR count). The first-order chi connectivity index (χ1) is 20.1. The highest BCUT2D eigenvalue weighted by atomic mass is 32.2. The molecule has 4 fully saturated rings. The number of sulfonamides is 1. The summed E-state index contributed by atoms with van der Waals surface area (Å²) in [5.74, 6) is 3.99. The van der Waals surface area contributed by atoms with Crippen LogP contribution in [0, 0.1) is 52.3 Å². The van der Waals surface area contributed by atoms with Crippen molar-refractivity contribution < 1.29 is 27.8 Å². The highest BCUT2D eigenvalue weighted by Crippen LogP contribution is 2.68. The highest BCUT2D eigenvalue weighted by Gasteiger charge is 2.62. The molecule has 0 spiro atoms. The van der Waals surface area contributed by atoms with E-state index in [0.717, 1.165) is 43.6 Å². The monoisotopic (exact) mass is 615 g/mol. The lowest BCUT2D eigenvalue weighted by atomic mass is 9.43. The van der Waals surface area contributed by atoms with Gasteiger partial charge in [0.2, 0.25) is 0 Å². The largest absolute Gasteiger partial charge is 0.488 e. The van der Waals surface area contributed by atoms with E-state index in [-0.39, 0.29) is 34.5 Å². The average molecular weight is 616 g/mol. The summed E-state index contributed by atoms with van der Waals surface area (Å²) in [7, 11) is -4.07. The number of amides is 1. The molecule has 4 saturated carbocycles. The van der Waals surface area contributed by atoms with Crippen LogP contribution in [0.1, 0.15) is 105 Å². The molecule has 0 aromatic heterocycles. The summed E-state index contributed by atoms with van der Waals surface area (Å²) in [5.41, 5.74) is 0.982. The Morgan fingerprint density at radius 2 is 1.77 bits per heavy atom. The molecule has 43 heavy (non-hydrogen) atoms. The molecule has 0 unspecified atom stereocenters. The van der Waals surface area contributed by atoms with Crippen LogP contribution in [0.3, 0.4) is 0 Å². The number of ether oxygens (including phenoxy) is 2. The Balaban J connectivity index is 1.08. The van der Waals surface area contributed by atoms with Crippen LogP contribution in [-0.2, 0) is 21.2 Å². The molecule has 10 atom stereocenters. The Bertz CT molecular complexity index is 1340. The predicted octanol–water partition coefficient (Wildman–Crippen LogP) is 7.11. The van der Waals surface area contributed by atoms with Crippen LogP contribution in [0.4, 0.5) is 4.79 Å². The summed E-state index contributed by atoms with van der Waals surface area (Å²) < 4.78 is 39.7. The van der Waals surface area contributed by atoms with Gasteiger partial charge in [0.05, 0.1) is 17.6 Å². The maximum Gasteiger partial charge on any atom is 0.421 e. The lowest BCUT2D eigenvalue weighted by Gasteiger charge is -2.62. The molecule has 1 aromatic carbocycles. The molecule has 1 aliphatic heterocycles. The number of aryl methyl sites for hydroxylation is 1. The van der Waals surface area contributed by atoms with Gasteiger partial charge in [0.15, 0.2) is 0 Å². The average Bonchev–Trinajstić information content (AvgIpc) is 3.29. The van der Waals surface area contributed by atoms with Crippen LogP contribution in [0.25, 0.3) is 0 Å². The quantitative estimate of drug-likeness (QED) is 0.366. The molecule has 8 heteroatoms. The molecule has 1 heterocycles. The van der Waals surface area contributed by atoms with Crippen molar-refractivity contribution >= 4 is 16.1 Å². The zero-order valence-corrected chi connectivity index (χ0v) is 27.8. The standard InChI is InChI=1S/C35H53NO6S/c1-21-11-15-34(5)24(17-21)19-29(37)31-27-9-8-26(35(27,6)16-13-28(31)34)22(2)20-41-32(38)36-43(39,40)25-7-10-30-23(18-25)12-14-33(3,4)42-30/h7,10,18,21-22,24,26-29,31,37H,8-9,11-17,19-20H2,1-6H3,(H,36,38)/t21-,22-,24+,26-,27+,28+,29-,31+,34+,35-/m1/s1. The summed E-state index contributed by atoms with van der Waals surface area (Å²) in [6, 6.07) is 4.74. The molecule has 240 valence electrons. The minimum Gasteiger partial charge on any atom is -0.488 e. The Labute approximate surface area is 258 Å². The van der Waals surface area contributed by atoms with Gasteiger partial charge in [0.1, 0.15) is 11.4 Å². The van der Waals surface area contributed by atoms with Gasteiger partial charge in [0.25, 0.3) is 10.0 Å². The fourth-order valence-corrected chi connectivity index (χ4v) is 11.7. The van der Waals surface area contributed by atoms with Crippen LogP contribution < -0.4 is 9.46 Å². The van der Waals surface area contributed by atoms with E-state index in [2.05, 4.69) is 32.4 Å². The Morgan fingerprint density at radius 3 is 2.53 bits per heavy atom. The number of fused-ring (bicyclic) bond motifs is 6. The van der Waals surface area contributed by atoms with Gasteiger partial charge in [-0.2, -0.15) is 0 Å². The van der Waals surface area contributed by atoms with E-state index in [4.69, 9.17) is 9.47 Å². The van der Waals surface area contributed by atoms with Crippen molar-refractivity contribution in [1.82, 2.24) is 4.72 Å². The number of benzene rings is 1. The van der Waals surface area contributed by atoms with Gasteiger partial charge < -0.3 is 14.6 Å². The molecule has 0 bridgehead atoms. The fourth-order valence-electron chi connectivity index (χ4n) is 10.7. The Morgan fingerprint density at radius 1 is 1.05 bits per heavy atom. The third-order valence-corrected chi connectivity index (χ3v) is 14.4. The van der Waals surface area contributed by atoms with E-state index in [0.29, 0.717) is 47.2 Å². The lowest BCUT2D eigenvalue weighted by Crippen LogP contribution is -2.58. The minimum absolute atomic E-state index is 0.0388. The van der Waals surface area contributed by atoms with Crippen molar-refractivity contribution in [1.29, 1.82) is 0 Å². The zero-order valence-electron chi connectivity index (χ0n) is 27.0. The van der Waals surface area contributed by atoms with E-state index in [9.17, 15) is 18.3 Å². The smallest absolute Gasteiger partial charge is 0.421 e. The second-order valence-electron chi connectivity index (χ2n) is 16.2. The Hall–Kier alpha value is -1.80. The van der Waals surface area contributed by atoms with Crippen molar-refractivity contribution in [2.24, 2.45) is 52.3 Å². The summed E-state index contributed by atoms with van der Waals surface area (Å²) in [6.45, 7) is 13.7. The van der Waals surface area contributed by atoms with Crippen molar-refractivity contribution in [2.75, 3.05) is 6.61 Å². The molecule has 1 amide bonds. The molecular formula is C35H53NO6S. The molecule has 7 nitrogen and oxygen atoms in total. The second kappa shape index (κ2) is 10.9. The van der Waals surface area contributed by atoms with Crippen molar-refractivity contribution in [3.8, 4) is 5.75 Å². The third kappa shape index (κ3) is 5.51. The summed E-state index contributed by atoms with van der Waals surface area (Å²) in [4.78, 5) is 12.8. The van der Waals surface area contributed by atoms with E-state index in [1.807, 2.05) is 13.8 Å². The maximum absolute atomic E-state index is 13.0. The van der Waals surface area contributed by atoms with Crippen LogP contribution in [0.2, 0.25) is 0 Å². The molecule has 1 aromatic rings. The number of carbonyl (C=O) groups is 1. The zero-order chi connectivity index (χ0) is 30.9. The SMILES string of the molecule is C[C@@H]1CC[C@@]2(C)[C@@H](C1)C[C@@H](O)[C@@H]1[C@@H]2CC[C@]2(C)[C@@H]([C@H](C)COC(=O)NS(=O)(=O)c3ccc4c(c3)CCC(C)(C)O4)CC[C@@H]12. The first-order valence-electron chi connectivity index (χ1n) is 16.8. The number of nitrogens with one attached hydrogen (secondary N) is 1. The van der Waals surface area contributed by atoms with E-state index >= 15 is 0 Å². The summed E-state index contributed by atoms with van der Waals surface area (Å²) in [5, 5.41) is 11.6. The highest BCUT2D eigenvalue weighted by molar-refractivity contribution is 7.90. The van der Waals surface area contributed by atoms with Crippen LogP contribution in [-0.4, -0.2) is 37.9 Å². The molecular weight excluding hydrogens is 562 g/mol. The maximum atomic E-state index is 13.0. The number of aliphatic hydroxyl groups is 1. The van der Waals surface area contributed by atoms with E-state index in [1.165, 1.54) is 31.7 Å². The first-order valence-corrected chi connectivity index (χ1v) is 18.3. The van der Waals surface area contributed by atoms with E-state index < -0.39 is 16.1 Å². The normalized spacial score (nSPS) is 40.6. The van der Waals surface area contributed by atoms with Gasteiger partial charge in [-0.3, -0.25) is 0 Å². The van der Waals surface area contributed by atoms with Gasteiger partial charge in [-0.1, -0.05) is 34.1 Å². The lowest BCUT2D eigenvalue weighted by molar-refractivity contribution is -0.169. The van der Waals surface area contributed by atoms with Gasteiger partial charge in [-0.05, 0) is 148 Å². The Kier molecular flexibility index (Phi) is 7.92. The molecule has 0 saturated heterocycles. The number of hydrogen-bond acceptors (Lipinski definition) is 6.